The van der Waals surface area contributed by atoms with Crippen molar-refractivity contribution in [1.29, 1.82) is 5.26 Å². The molecule has 140 valence electrons. The summed E-state index contributed by atoms with van der Waals surface area (Å²) in [5.74, 6) is -0.551. The Morgan fingerprint density at radius 2 is 1.78 bits per heavy atom. The molecule has 0 radical (unpaired) electrons. The third-order valence-electron chi connectivity index (χ3n) is 4.41. The first-order valence-electron chi connectivity index (χ1n) is 8.70. The monoisotopic (exact) mass is 365 g/mol. The Morgan fingerprint density at radius 1 is 1.15 bits per heavy atom. The molecule has 6 nitrogen and oxygen atoms in total. The van der Waals surface area contributed by atoms with E-state index in [-0.39, 0.29) is 18.5 Å². The van der Waals surface area contributed by atoms with Crippen molar-refractivity contribution in [3.05, 3.63) is 65.2 Å². The lowest BCUT2D eigenvalue weighted by molar-refractivity contribution is -0.117. The van der Waals surface area contributed by atoms with Gasteiger partial charge in [0.1, 0.15) is 0 Å². The van der Waals surface area contributed by atoms with Crippen molar-refractivity contribution >= 4 is 17.6 Å². The van der Waals surface area contributed by atoms with Gasteiger partial charge < -0.3 is 10.1 Å². The lowest BCUT2D eigenvalue weighted by atomic mass is 10.0. The van der Waals surface area contributed by atoms with E-state index in [0.717, 1.165) is 5.56 Å². The topological polar surface area (TPSA) is 82.4 Å². The van der Waals surface area contributed by atoms with Gasteiger partial charge in [0.25, 0.3) is 0 Å². The molecule has 2 rings (SSSR count). The van der Waals surface area contributed by atoms with Crippen molar-refractivity contribution in [3.63, 3.8) is 0 Å². The summed E-state index contributed by atoms with van der Waals surface area (Å²) >= 11 is 0. The van der Waals surface area contributed by atoms with Gasteiger partial charge in [-0.2, -0.15) is 5.26 Å². The van der Waals surface area contributed by atoms with Crippen molar-refractivity contribution in [2.45, 2.75) is 19.9 Å². The summed E-state index contributed by atoms with van der Waals surface area (Å²) in [4.78, 5) is 25.9. The molecular formula is C21H23N3O3. The molecule has 2 aromatic carbocycles. The molecule has 0 aromatic heterocycles. The summed E-state index contributed by atoms with van der Waals surface area (Å²) in [5.41, 5.74) is 2.71. The van der Waals surface area contributed by atoms with Crippen molar-refractivity contribution in [2.75, 3.05) is 25.5 Å². The smallest absolute Gasteiger partial charge is 0.337 e. The third-order valence-corrected chi connectivity index (χ3v) is 4.41. The summed E-state index contributed by atoms with van der Waals surface area (Å²) in [5, 5.41) is 11.7. The number of benzene rings is 2. The van der Waals surface area contributed by atoms with Gasteiger partial charge in [-0.1, -0.05) is 19.1 Å². The van der Waals surface area contributed by atoms with E-state index >= 15 is 0 Å². The number of carbonyl (C=O) groups excluding carboxylic acids is 2. The molecule has 6 heteroatoms. The predicted molar refractivity (Wildman–Crippen MR) is 103 cm³/mol. The number of likely N-dealkylation sites (N-methyl/N-ethyl adjacent to an activating group) is 1. The van der Waals surface area contributed by atoms with Crippen molar-refractivity contribution in [1.82, 2.24) is 4.90 Å². The Hall–Kier alpha value is -3.17. The average molecular weight is 365 g/mol. The first-order chi connectivity index (χ1) is 13.0. The Balaban J connectivity index is 1.99. The normalized spacial score (nSPS) is 11.5. The van der Waals surface area contributed by atoms with Crippen molar-refractivity contribution in [3.8, 4) is 6.07 Å². The number of rotatable bonds is 7. The van der Waals surface area contributed by atoms with Crippen LogP contribution in [0.15, 0.2) is 48.5 Å². The number of nitrogens with zero attached hydrogens (tertiary/aromatic N) is 2. The van der Waals surface area contributed by atoms with E-state index in [9.17, 15) is 9.59 Å². The van der Waals surface area contributed by atoms with Crippen LogP contribution in [0.1, 0.15) is 41.4 Å². The SMILES string of the molecule is CCN(CC(=O)Nc1ccc(C(=O)OC)cc1)C(C)c1ccc(C#N)cc1. The van der Waals surface area contributed by atoms with Gasteiger partial charge in [0.05, 0.1) is 30.9 Å². The number of hydrogen-bond donors (Lipinski definition) is 1. The molecule has 1 amide bonds. The van der Waals surface area contributed by atoms with Crippen LogP contribution in [0.3, 0.4) is 0 Å². The van der Waals surface area contributed by atoms with Gasteiger partial charge in [0, 0.05) is 11.7 Å². The number of carbonyl (C=O) groups is 2. The van der Waals surface area contributed by atoms with Crippen LogP contribution < -0.4 is 5.32 Å². The molecule has 2 aromatic rings. The lowest BCUT2D eigenvalue weighted by Crippen LogP contribution is -2.35. The van der Waals surface area contributed by atoms with Crippen LogP contribution in [0.25, 0.3) is 0 Å². The zero-order chi connectivity index (χ0) is 19.8. The maximum absolute atomic E-state index is 12.4. The molecular weight excluding hydrogens is 342 g/mol. The van der Waals surface area contributed by atoms with Gasteiger partial charge in [-0.3, -0.25) is 9.69 Å². The first kappa shape index (κ1) is 20.1. The van der Waals surface area contributed by atoms with Crippen LogP contribution in [0.5, 0.6) is 0 Å². The number of ether oxygens (including phenoxy) is 1. The number of methoxy groups -OCH3 is 1. The Bertz CT molecular complexity index is 823. The van der Waals surface area contributed by atoms with Crippen LogP contribution >= 0.6 is 0 Å². The number of anilines is 1. The zero-order valence-corrected chi connectivity index (χ0v) is 15.7. The number of nitrogens with one attached hydrogen (secondary N) is 1. The Kier molecular flexibility index (Phi) is 7.09. The maximum atomic E-state index is 12.4. The van der Waals surface area contributed by atoms with Crippen molar-refractivity contribution in [2.24, 2.45) is 0 Å². The van der Waals surface area contributed by atoms with Crippen LogP contribution in [-0.4, -0.2) is 37.0 Å². The van der Waals surface area contributed by atoms with Gasteiger partial charge in [0.15, 0.2) is 0 Å². The number of nitriles is 1. The standard InChI is InChI=1S/C21H23N3O3/c1-4-24(15(2)17-7-5-16(13-22)6-8-17)14-20(25)23-19-11-9-18(10-12-19)21(26)27-3/h5-12,15H,4,14H2,1-3H3,(H,23,25). The quantitative estimate of drug-likeness (QED) is 0.761. The summed E-state index contributed by atoms with van der Waals surface area (Å²) in [6.07, 6.45) is 0. The minimum atomic E-state index is -0.415. The lowest BCUT2D eigenvalue weighted by Gasteiger charge is -2.27. The van der Waals surface area contributed by atoms with Crippen molar-refractivity contribution < 1.29 is 14.3 Å². The highest BCUT2D eigenvalue weighted by molar-refractivity contribution is 5.94. The molecule has 27 heavy (non-hydrogen) atoms. The maximum Gasteiger partial charge on any atom is 0.337 e. The van der Waals surface area contributed by atoms with Crippen LogP contribution in [0.4, 0.5) is 5.69 Å². The molecule has 1 unspecified atom stereocenters. The fourth-order valence-corrected chi connectivity index (χ4v) is 2.76. The highest BCUT2D eigenvalue weighted by atomic mass is 16.5. The predicted octanol–water partition coefficient (Wildman–Crippen LogP) is 3.37. The molecule has 0 saturated heterocycles. The fourth-order valence-electron chi connectivity index (χ4n) is 2.76. The van der Waals surface area contributed by atoms with E-state index in [2.05, 4.69) is 16.1 Å². The molecule has 0 aliphatic heterocycles. The van der Waals surface area contributed by atoms with E-state index in [4.69, 9.17) is 5.26 Å². The molecule has 0 heterocycles. The first-order valence-corrected chi connectivity index (χ1v) is 8.70. The van der Waals surface area contributed by atoms with Gasteiger partial charge in [-0.15, -0.1) is 0 Å². The fraction of sp³-hybridized carbons (Fsp3) is 0.286. The van der Waals surface area contributed by atoms with E-state index < -0.39 is 5.97 Å². The second-order valence-corrected chi connectivity index (χ2v) is 6.09. The summed E-state index contributed by atoms with van der Waals surface area (Å²) < 4.78 is 4.66. The largest absolute Gasteiger partial charge is 0.465 e. The molecule has 0 bridgehead atoms. The van der Waals surface area contributed by atoms with Crippen LogP contribution in [0, 0.1) is 11.3 Å². The van der Waals surface area contributed by atoms with E-state index in [1.165, 1.54) is 7.11 Å². The summed E-state index contributed by atoms with van der Waals surface area (Å²) in [7, 11) is 1.33. The molecule has 0 aliphatic rings. The number of esters is 1. The second-order valence-electron chi connectivity index (χ2n) is 6.09. The minimum absolute atomic E-state index is 0.0372. The molecule has 0 aliphatic carbocycles. The van der Waals surface area contributed by atoms with Gasteiger partial charge >= 0.3 is 5.97 Å². The number of hydrogen-bond acceptors (Lipinski definition) is 5. The molecule has 1 atom stereocenters. The highest BCUT2D eigenvalue weighted by Gasteiger charge is 2.17. The van der Waals surface area contributed by atoms with Crippen LogP contribution in [-0.2, 0) is 9.53 Å². The summed E-state index contributed by atoms with van der Waals surface area (Å²) in [6.45, 7) is 4.97. The summed E-state index contributed by atoms with van der Waals surface area (Å²) in [6, 6.07) is 16.1. The van der Waals surface area contributed by atoms with Gasteiger partial charge in [-0.25, -0.2) is 4.79 Å². The molecule has 0 spiro atoms. The van der Waals surface area contributed by atoms with Gasteiger partial charge in [0.2, 0.25) is 5.91 Å². The van der Waals surface area contributed by atoms with Crippen LogP contribution in [0.2, 0.25) is 0 Å². The second kappa shape index (κ2) is 9.51. The molecule has 0 fully saturated rings. The number of amides is 1. The highest BCUT2D eigenvalue weighted by Crippen LogP contribution is 2.20. The Labute approximate surface area is 159 Å². The van der Waals surface area contributed by atoms with E-state index in [1.807, 2.05) is 30.9 Å². The van der Waals surface area contributed by atoms with E-state index in [0.29, 0.717) is 23.4 Å². The minimum Gasteiger partial charge on any atom is -0.465 e. The Morgan fingerprint density at radius 3 is 2.30 bits per heavy atom. The molecule has 0 saturated carbocycles. The van der Waals surface area contributed by atoms with Gasteiger partial charge in [-0.05, 0) is 55.4 Å². The average Bonchev–Trinajstić information content (AvgIpc) is 2.71. The third kappa shape index (κ3) is 5.40. The zero-order valence-electron chi connectivity index (χ0n) is 15.7. The van der Waals surface area contributed by atoms with E-state index in [1.54, 1.807) is 36.4 Å². The molecule has 1 N–H and O–H groups in total.